The molecule has 6 heteroatoms. The molecule has 1 rings (SSSR count). The quantitative estimate of drug-likeness (QED) is 0.646. The van der Waals surface area contributed by atoms with Gasteiger partial charge in [-0.15, -0.1) is 0 Å². The standard InChI is InChI=1S/C12H23N3O3/c1-14(2)12(17)9-15(4-5-18-3)11(16)6-10-7-13-8-10/h10,13H,4-9H2,1-3H3. The molecule has 0 aromatic rings. The average Bonchev–Trinajstić information content (AvgIpc) is 2.28. The molecule has 0 spiro atoms. The number of carbonyl (C=O) groups is 2. The number of nitrogens with one attached hydrogen (secondary N) is 1. The lowest BCUT2D eigenvalue weighted by Crippen LogP contribution is -2.47. The van der Waals surface area contributed by atoms with Gasteiger partial charge in [-0.1, -0.05) is 0 Å². The minimum atomic E-state index is -0.0637. The van der Waals surface area contributed by atoms with E-state index in [1.54, 1.807) is 26.1 Å². The summed E-state index contributed by atoms with van der Waals surface area (Å²) in [7, 11) is 4.97. The molecule has 0 atom stereocenters. The second-order valence-electron chi connectivity index (χ2n) is 4.82. The lowest BCUT2D eigenvalue weighted by Gasteiger charge is -2.30. The normalized spacial score (nSPS) is 15.1. The van der Waals surface area contributed by atoms with Gasteiger partial charge in [0.1, 0.15) is 0 Å². The molecule has 1 N–H and O–H groups in total. The summed E-state index contributed by atoms with van der Waals surface area (Å²) in [5.74, 6) is 0.386. The van der Waals surface area contributed by atoms with E-state index in [0.29, 0.717) is 25.5 Å². The Morgan fingerprint density at radius 2 is 1.94 bits per heavy atom. The summed E-state index contributed by atoms with van der Waals surface area (Å²) < 4.78 is 4.98. The van der Waals surface area contributed by atoms with Gasteiger partial charge in [0, 0.05) is 34.2 Å². The zero-order chi connectivity index (χ0) is 13.5. The number of nitrogens with zero attached hydrogens (tertiary/aromatic N) is 2. The van der Waals surface area contributed by atoms with Crippen LogP contribution in [-0.4, -0.2) is 75.6 Å². The molecule has 2 amide bonds. The van der Waals surface area contributed by atoms with Gasteiger partial charge in [-0.2, -0.15) is 0 Å². The van der Waals surface area contributed by atoms with E-state index in [2.05, 4.69) is 5.32 Å². The Balaban J connectivity index is 2.46. The first-order valence-electron chi connectivity index (χ1n) is 6.22. The van der Waals surface area contributed by atoms with Crippen LogP contribution in [0.15, 0.2) is 0 Å². The topological polar surface area (TPSA) is 61.9 Å². The lowest BCUT2D eigenvalue weighted by atomic mass is 9.98. The summed E-state index contributed by atoms with van der Waals surface area (Å²) in [6.07, 6.45) is 0.511. The summed E-state index contributed by atoms with van der Waals surface area (Å²) in [6.45, 7) is 2.84. The lowest BCUT2D eigenvalue weighted by molar-refractivity contribution is -0.140. The first-order chi connectivity index (χ1) is 8.54. The zero-order valence-electron chi connectivity index (χ0n) is 11.4. The molecular weight excluding hydrogens is 234 g/mol. The van der Waals surface area contributed by atoms with Crippen molar-refractivity contribution in [2.75, 3.05) is 54.0 Å². The van der Waals surface area contributed by atoms with Crippen LogP contribution in [0.4, 0.5) is 0 Å². The Kier molecular flexibility index (Phi) is 6.07. The highest BCUT2D eigenvalue weighted by Gasteiger charge is 2.24. The van der Waals surface area contributed by atoms with Crippen molar-refractivity contribution in [1.82, 2.24) is 15.1 Å². The minimum Gasteiger partial charge on any atom is -0.383 e. The van der Waals surface area contributed by atoms with Crippen molar-refractivity contribution in [2.45, 2.75) is 6.42 Å². The smallest absolute Gasteiger partial charge is 0.241 e. The Bertz CT molecular complexity index is 290. The Morgan fingerprint density at radius 3 is 2.39 bits per heavy atom. The van der Waals surface area contributed by atoms with Crippen LogP contribution in [0.1, 0.15) is 6.42 Å². The molecule has 0 saturated carbocycles. The minimum absolute atomic E-state index is 0.0359. The number of likely N-dealkylation sites (N-methyl/N-ethyl adjacent to an activating group) is 1. The fourth-order valence-electron chi connectivity index (χ4n) is 1.67. The molecule has 1 heterocycles. The highest BCUT2D eigenvalue weighted by atomic mass is 16.5. The molecule has 18 heavy (non-hydrogen) atoms. The van der Waals surface area contributed by atoms with Gasteiger partial charge in [0.2, 0.25) is 11.8 Å². The van der Waals surface area contributed by atoms with Crippen LogP contribution in [-0.2, 0) is 14.3 Å². The van der Waals surface area contributed by atoms with Crippen molar-refractivity contribution in [1.29, 1.82) is 0 Å². The van der Waals surface area contributed by atoms with E-state index >= 15 is 0 Å². The van der Waals surface area contributed by atoms with Crippen LogP contribution < -0.4 is 5.32 Å². The fourth-order valence-corrected chi connectivity index (χ4v) is 1.67. The van der Waals surface area contributed by atoms with Crippen LogP contribution in [0.2, 0.25) is 0 Å². The predicted octanol–water partition coefficient (Wildman–Crippen LogP) is -0.841. The van der Waals surface area contributed by atoms with Crippen LogP contribution in [0.3, 0.4) is 0 Å². The summed E-state index contributed by atoms with van der Waals surface area (Å²) >= 11 is 0. The number of ether oxygens (including phenoxy) is 1. The third kappa shape index (κ3) is 4.62. The van der Waals surface area contributed by atoms with Gasteiger partial charge in [-0.05, 0) is 19.0 Å². The van der Waals surface area contributed by atoms with Crippen LogP contribution >= 0.6 is 0 Å². The van der Waals surface area contributed by atoms with E-state index in [4.69, 9.17) is 4.74 Å². The molecule has 104 valence electrons. The number of hydrogen-bond acceptors (Lipinski definition) is 4. The van der Waals surface area contributed by atoms with Gasteiger partial charge in [0.05, 0.1) is 13.2 Å². The molecule has 0 aliphatic carbocycles. The van der Waals surface area contributed by atoms with Crippen LogP contribution in [0, 0.1) is 5.92 Å². The van der Waals surface area contributed by atoms with E-state index < -0.39 is 0 Å². The third-order valence-corrected chi connectivity index (χ3v) is 3.07. The van der Waals surface area contributed by atoms with E-state index in [1.165, 1.54) is 4.90 Å². The Hall–Kier alpha value is -1.14. The molecule has 6 nitrogen and oxygen atoms in total. The highest BCUT2D eigenvalue weighted by Crippen LogP contribution is 2.10. The van der Waals surface area contributed by atoms with Crippen molar-refractivity contribution in [2.24, 2.45) is 5.92 Å². The first kappa shape index (κ1) is 14.9. The van der Waals surface area contributed by atoms with Crippen molar-refractivity contribution in [3.63, 3.8) is 0 Å². The Labute approximate surface area is 108 Å². The van der Waals surface area contributed by atoms with E-state index in [-0.39, 0.29) is 18.4 Å². The molecule has 0 aromatic carbocycles. The maximum Gasteiger partial charge on any atom is 0.241 e. The number of amides is 2. The van der Waals surface area contributed by atoms with E-state index in [0.717, 1.165) is 13.1 Å². The summed E-state index contributed by atoms with van der Waals surface area (Å²) in [4.78, 5) is 26.8. The molecular formula is C12H23N3O3. The van der Waals surface area contributed by atoms with Gasteiger partial charge in [0.15, 0.2) is 0 Å². The van der Waals surface area contributed by atoms with Crippen LogP contribution in [0.25, 0.3) is 0 Å². The largest absolute Gasteiger partial charge is 0.383 e. The van der Waals surface area contributed by atoms with Crippen molar-refractivity contribution in [3.8, 4) is 0 Å². The molecule has 1 saturated heterocycles. The summed E-state index contributed by atoms with van der Waals surface area (Å²) in [5, 5.41) is 3.14. The second-order valence-corrected chi connectivity index (χ2v) is 4.82. The third-order valence-electron chi connectivity index (χ3n) is 3.07. The maximum atomic E-state index is 12.1. The molecule has 0 unspecified atom stereocenters. The summed E-state index contributed by atoms with van der Waals surface area (Å²) in [5.41, 5.74) is 0. The number of rotatable bonds is 7. The van der Waals surface area contributed by atoms with Gasteiger partial charge in [-0.3, -0.25) is 9.59 Å². The highest BCUT2D eigenvalue weighted by molar-refractivity contribution is 5.84. The SMILES string of the molecule is COCCN(CC(=O)N(C)C)C(=O)CC1CNC1. The van der Waals surface area contributed by atoms with Gasteiger partial charge < -0.3 is 19.9 Å². The average molecular weight is 257 g/mol. The first-order valence-corrected chi connectivity index (χ1v) is 6.22. The molecule has 0 aromatic heterocycles. The maximum absolute atomic E-state index is 12.1. The second kappa shape index (κ2) is 7.33. The molecule has 1 fully saturated rings. The van der Waals surface area contributed by atoms with Gasteiger partial charge >= 0.3 is 0 Å². The van der Waals surface area contributed by atoms with Gasteiger partial charge in [-0.25, -0.2) is 0 Å². The van der Waals surface area contributed by atoms with Crippen LogP contribution in [0.5, 0.6) is 0 Å². The van der Waals surface area contributed by atoms with Gasteiger partial charge in [0.25, 0.3) is 0 Å². The summed E-state index contributed by atoms with van der Waals surface area (Å²) in [6, 6.07) is 0. The monoisotopic (exact) mass is 257 g/mol. The number of methoxy groups -OCH3 is 1. The number of carbonyl (C=O) groups excluding carboxylic acids is 2. The molecule has 1 aliphatic rings. The van der Waals surface area contributed by atoms with Crippen molar-refractivity contribution < 1.29 is 14.3 Å². The molecule has 0 radical (unpaired) electrons. The number of hydrogen-bond donors (Lipinski definition) is 1. The fraction of sp³-hybridized carbons (Fsp3) is 0.833. The zero-order valence-corrected chi connectivity index (χ0v) is 11.4. The molecule has 1 aliphatic heterocycles. The van der Waals surface area contributed by atoms with Crippen molar-refractivity contribution >= 4 is 11.8 Å². The molecule has 0 bridgehead atoms. The predicted molar refractivity (Wildman–Crippen MR) is 68.1 cm³/mol. The van der Waals surface area contributed by atoms with E-state index in [1.807, 2.05) is 0 Å². The van der Waals surface area contributed by atoms with Crippen molar-refractivity contribution in [3.05, 3.63) is 0 Å². The van der Waals surface area contributed by atoms with E-state index in [9.17, 15) is 9.59 Å². The Morgan fingerprint density at radius 1 is 1.28 bits per heavy atom.